The predicted octanol–water partition coefficient (Wildman–Crippen LogP) is 2.04. The molecule has 12 nitrogen and oxygen atoms in total. The lowest BCUT2D eigenvalue weighted by atomic mass is 9.88. The predicted molar refractivity (Wildman–Crippen MR) is 152 cm³/mol. The maximum absolute atomic E-state index is 13.6. The summed E-state index contributed by atoms with van der Waals surface area (Å²) in [7, 11) is 3.33. The molecule has 2 aliphatic heterocycles. The summed E-state index contributed by atoms with van der Waals surface area (Å²) in [6, 6.07) is 10.8. The monoisotopic (exact) mass is 628 g/mol. The number of anilines is 2. The number of nitrogens with one attached hydrogen (secondary N) is 1. The topological polar surface area (TPSA) is 153 Å². The van der Waals surface area contributed by atoms with E-state index in [1.54, 1.807) is 25.1 Å². The van der Waals surface area contributed by atoms with Gasteiger partial charge in [0, 0.05) is 24.3 Å². The van der Waals surface area contributed by atoms with Gasteiger partial charge in [-0.05, 0) is 48.4 Å². The van der Waals surface area contributed by atoms with Crippen molar-refractivity contribution in [2.75, 3.05) is 51.9 Å². The second-order valence-corrected chi connectivity index (χ2v) is 10.7. The van der Waals surface area contributed by atoms with Crippen molar-refractivity contribution in [1.29, 1.82) is 5.26 Å². The number of hydrogen-bond acceptors (Lipinski definition) is 9. The number of carbonyl (C=O) groups excluding carboxylic acids is 2. The van der Waals surface area contributed by atoms with Crippen LogP contribution in [0.1, 0.15) is 35.2 Å². The number of rotatable bonds is 6. The molecule has 3 aromatic rings. The summed E-state index contributed by atoms with van der Waals surface area (Å²) < 4.78 is 53.5. The zero-order valence-corrected chi connectivity index (χ0v) is 24.8. The fourth-order valence-corrected chi connectivity index (χ4v) is 5.63. The number of methoxy groups -OCH3 is 1. The molecule has 0 spiro atoms. The Bertz CT molecular complexity index is 1700. The highest BCUT2D eigenvalue weighted by Gasteiger charge is 2.41. The Morgan fingerprint density at radius 2 is 1.96 bits per heavy atom. The molecule has 1 fully saturated rings. The number of carbonyl (C=O) groups is 2. The van der Waals surface area contributed by atoms with E-state index in [-0.39, 0.29) is 22.9 Å². The molecule has 2 aliphatic rings. The number of carboxylic acid groups (broad SMARTS) is 1. The van der Waals surface area contributed by atoms with Gasteiger partial charge in [0.25, 0.3) is 0 Å². The number of ether oxygens (including phenoxy) is 2. The van der Waals surface area contributed by atoms with Gasteiger partial charge in [0.1, 0.15) is 19.1 Å². The largest absolute Gasteiger partial charge is 0.554 e. The lowest BCUT2D eigenvalue weighted by molar-refractivity contribution is -0.916. The van der Waals surface area contributed by atoms with E-state index in [1.165, 1.54) is 28.7 Å². The number of halogens is 3. The van der Waals surface area contributed by atoms with E-state index in [4.69, 9.17) is 19.4 Å². The van der Waals surface area contributed by atoms with Crippen LogP contribution in [0.2, 0.25) is 0 Å². The molecular weight excluding hydrogens is 597 g/mol. The Kier molecular flexibility index (Phi) is 9.79. The summed E-state index contributed by atoms with van der Waals surface area (Å²) in [5.41, 5.74) is 0.569. The van der Waals surface area contributed by atoms with E-state index in [0.29, 0.717) is 30.8 Å². The first-order valence-corrected chi connectivity index (χ1v) is 13.8. The van der Waals surface area contributed by atoms with Crippen molar-refractivity contribution in [1.82, 2.24) is 14.8 Å². The van der Waals surface area contributed by atoms with E-state index < -0.39 is 35.9 Å². The van der Waals surface area contributed by atoms with E-state index >= 15 is 0 Å². The van der Waals surface area contributed by atoms with Gasteiger partial charge in [0.05, 0.1) is 56.7 Å². The molecule has 1 N–H and O–H groups in total. The number of aromatic amines is 1. The minimum absolute atomic E-state index is 0.0111. The molecular formula is C30H31F3N6O6. The number of aromatic nitrogens is 3. The van der Waals surface area contributed by atoms with Crippen LogP contribution in [0, 0.1) is 11.3 Å². The molecule has 1 saturated heterocycles. The third-order valence-electron chi connectivity index (χ3n) is 8.02. The summed E-state index contributed by atoms with van der Waals surface area (Å²) in [6.07, 6.45) is -4.08. The number of nitrogens with zero attached hydrogens (tertiary/aromatic N) is 5. The van der Waals surface area contributed by atoms with Crippen molar-refractivity contribution >= 4 is 24.1 Å². The molecule has 238 valence electrons. The molecule has 1 aromatic heterocycles. The Hall–Kier alpha value is -4.94. The second kappa shape index (κ2) is 13.4. The van der Waals surface area contributed by atoms with E-state index in [2.05, 4.69) is 23.3 Å². The minimum atomic E-state index is -4.61. The first kappa shape index (κ1) is 33.0. The molecule has 2 aromatic carbocycles. The van der Waals surface area contributed by atoms with Crippen LogP contribution < -0.4 is 15.7 Å². The van der Waals surface area contributed by atoms with Crippen molar-refractivity contribution in [2.24, 2.45) is 0 Å². The minimum Gasteiger partial charge on any atom is -0.554 e. The van der Waals surface area contributed by atoms with Gasteiger partial charge in [-0.2, -0.15) is 18.4 Å². The smallest absolute Gasteiger partial charge is 0.416 e. The molecule has 0 saturated carbocycles. The van der Waals surface area contributed by atoms with Crippen LogP contribution in [0.15, 0.2) is 58.5 Å². The van der Waals surface area contributed by atoms with Crippen molar-refractivity contribution < 1.29 is 41.8 Å². The van der Waals surface area contributed by atoms with Crippen LogP contribution in [-0.4, -0.2) is 78.7 Å². The Balaban J connectivity index is 0.00000148. The summed E-state index contributed by atoms with van der Waals surface area (Å²) in [5.74, 6) is -0.743. The molecule has 0 bridgehead atoms. The van der Waals surface area contributed by atoms with Crippen LogP contribution in [0.4, 0.5) is 24.8 Å². The van der Waals surface area contributed by atoms with Crippen molar-refractivity contribution in [3.63, 3.8) is 0 Å². The molecule has 0 radical (unpaired) electrons. The number of quaternary nitrogens is 1. The molecule has 45 heavy (non-hydrogen) atoms. The number of morpholine rings is 1. The van der Waals surface area contributed by atoms with Gasteiger partial charge < -0.3 is 23.9 Å². The van der Waals surface area contributed by atoms with Crippen LogP contribution in [0.25, 0.3) is 0 Å². The first-order chi connectivity index (χ1) is 21.4. The number of hydrogen-bond donors (Lipinski definition) is 1. The lowest BCUT2D eigenvalue weighted by Gasteiger charge is -2.38. The van der Waals surface area contributed by atoms with Crippen LogP contribution >= 0.6 is 0 Å². The third-order valence-corrected chi connectivity index (χ3v) is 8.02. The van der Waals surface area contributed by atoms with Crippen LogP contribution in [0.5, 0.6) is 0 Å². The van der Waals surface area contributed by atoms with E-state index in [1.807, 2.05) is 0 Å². The van der Waals surface area contributed by atoms with E-state index in [9.17, 15) is 28.0 Å². The molecule has 3 heterocycles. The fourth-order valence-electron chi connectivity index (χ4n) is 5.63. The maximum atomic E-state index is 13.6. The molecule has 15 heteroatoms. The second-order valence-electron chi connectivity index (χ2n) is 10.7. The standard InChI is InChI=1S/C29H29F3N6O4.CH2O2/c1-18-24(26(39)41-3)25(23-8-7-19(17-33)15-20(23)9-10-38(2)11-13-42-14-12-38)37-27(34-35-28(37)40)36(18)22-6-4-5-21(16-22)29(30,31)32;2-1-3/h4-8,15-16,25H,9-14H2,1-3H3;1H,(H,2,3). The average molecular weight is 629 g/mol. The highest BCUT2D eigenvalue weighted by atomic mass is 19.4. The van der Waals surface area contributed by atoms with Crippen molar-refractivity contribution in [3.05, 3.63) is 86.5 Å². The molecule has 0 aliphatic carbocycles. The summed E-state index contributed by atoms with van der Waals surface area (Å²) >= 11 is 0. The molecule has 1 unspecified atom stereocenters. The summed E-state index contributed by atoms with van der Waals surface area (Å²) in [4.78, 5) is 36.3. The van der Waals surface area contributed by atoms with Gasteiger partial charge in [-0.1, -0.05) is 12.1 Å². The zero-order valence-electron chi connectivity index (χ0n) is 24.8. The van der Waals surface area contributed by atoms with Gasteiger partial charge in [0.15, 0.2) is 0 Å². The van der Waals surface area contributed by atoms with Gasteiger partial charge >= 0.3 is 17.8 Å². The lowest BCUT2D eigenvalue weighted by Crippen LogP contribution is -2.53. The highest BCUT2D eigenvalue weighted by molar-refractivity contribution is 5.93. The average Bonchev–Trinajstić information content (AvgIpc) is 3.40. The number of H-pyrrole nitrogens is 1. The van der Waals surface area contributed by atoms with E-state index in [0.717, 1.165) is 41.8 Å². The van der Waals surface area contributed by atoms with Crippen LogP contribution in [0.3, 0.4) is 0 Å². The normalized spacial score (nSPS) is 17.4. The summed E-state index contributed by atoms with van der Waals surface area (Å²) in [5, 5.41) is 24.5. The first-order valence-electron chi connectivity index (χ1n) is 13.8. The van der Waals surface area contributed by atoms with Gasteiger partial charge in [-0.3, -0.25) is 4.90 Å². The number of nitriles is 1. The molecule has 1 atom stereocenters. The Labute approximate surface area is 256 Å². The Morgan fingerprint density at radius 1 is 1.27 bits per heavy atom. The zero-order chi connectivity index (χ0) is 32.9. The number of benzene rings is 2. The Morgan fingerprint density at radius 3 is 2.58 bits per heavy atom. The number of esters is 1. The summed E-state index contributed by atoms with van der Waals surface area (Å²) in [6.45, 7) is 4.71. The molecule has 5 rings (SSSR count). The number of alkyl halides is 3. The van der Waals surface area contributed by atoms with Crippen molar-refractivity contribution in [2.45, 2.75) is 25.6 Å². The highest BCUT2D eigenvalue weighted by Crippen LogP contribution is 2.43. The number of allylic oxidation sites excluding steroid dienone is 1. The molecule has 0 amide bonds. The van der Waals surface area contributed by atoms with Crippen LogP contribution in [-0.2, 0) is 31.7 Å². The fraction of sp³-hybridized carbons (Fsp3) is 0.367. The number of likely N-dealkylation sites (N-methyl/N-ethyl adjacent to an activating group) is 1. The quantitative estimate of drug-likeness (QED) is 0.246. The van der Waals surface area contributed by atoms with Crippen molar-refractivity contribution in [3.8, 4) is 6.07 Å². The third kappa shape index (κ3) is 6.76. The SMILES string of the molecule is COC(=O)C1=C(C)N(c2cccc(C(F)(F)F)c2)c2n[nH]c(=O)n2C1c1ccc(C#N)cc1CC[N+]1(C)CCOCC1.O=C[O-]. The van der Waals surface area contributed by atoms with Gasteiger partial charge in [-0.15, -0.1) is 5.10 Å². The van der Waals surface area contributed by atoms with Gasteiger partial charge in [0.2, 0.25) is 5.95 Å². The maximum Gasteiger partial charge on any atom is 0.416 e. The van der Waals surface area contributed by atoms with Gasteiger partial charge in [-0.25, -0.2) is 19.3 Å². The number of fused-ring (bicyclic) bond motifs is 1.